The van der Waals surface area contributed by atoms with E-state index in [1.54, 1.807) is 6.07 Å². The molecule has 0 aromatic carbocycles. The van der Waals surface area contributed by atoms with Crippen LogP contribution < -0.4 is 10.6 Å². The Labute approximate surface area is 103 Å². The zero-order valence-electron chi connectivity index (χ0n) is 9.36. The molecule has 0 unspecified atom stereocenters. The molecule has 1 heterocycles. The summed E-state index contributed by atoms with van der Waals surface area (Å²) in [4.78, 5) is 26.4. The van der Waals surface area contributed by atoms with Gasteiger partial charge < -0.3 is 15.4 Å². The number of carbonyl (C=O) groups excluding carboxylic acids is 2. The molecule has 2 amide bonds. The van der Waals surface area contributed by atoms with E-state index in [4.69, 9.17) is 11.6 Å². The number of hydrogen-bond donors (Lipinski definition) is 2. The van der Waals surface area contributed by atoms with Gasteiger partial charge in [0.2, 0.25) is 5.91 Å². The lowest BCUT2D eigenvalue weighted by Crippen LogP contribution is -2.41. The fourth-order valence-electron chi connectivity index (χ4n) is 1.01. The van der Waals surface area contributed by atoms with Gasteiger partial charge in [0, 0.05) is 11.2 Å². The van der Waals surface area contributed by atoms with Crippen LogP contribution >= 0.6 is 11.6 Å². The van der Waals surface area contributed by atoms with Gasteiger partial charge in [0.1, 0.15) is 11.9 Å². The summed E-state index contributed by atoms with van der Waals surface area (Å²) in [6, 6.07) is 2.36. The zero-order chi connectivity index (χ0) is 12.8. The highest BCUT2D eigenvalue weighted by molar-refractivity contribution is 6.30. The fraction of sp³-hybridized carbons (Fsp3) is 0.300. The Bertz CT molecular complexity index is 425. The third-order valence-corrected chi connectivity index (χ3v) is 2.12. The average Bonchev–Trinajstić information content (AvgIpc) is 2.28. The van der Waals surface area contributed by atoms with Gasteiger partial charge in [-0.2, -0.15) is 0 Å². The van der Waals surface area contributed by atoms with E-state index < -0.39 is 18.0 Å². The van der Waals surface area contributed by atoms with Crippen LogP contribution in [0.4, 0.5) is 10.6 Å². The molecule has 0 aliphatic rings. The number of halogens is 1. The van der Waals surface area contributed by atoms with E-state index in [0.29, 0.717) is 10.8 Å². The molecule has 0 fully saturated rings. The Hall–Kier alpha value is -1.82. The molecule has 1 aromatic rings. The van der Waals surface area contributed by atoms with Crippen LogP contribution in [-0.4, -0.2) is 30.1 Å². The summed E-state index contributed by atoms with van der Waals surface area (Å²) >= 11 is 5.73. The van der Waals surface area contributed by atoms with E-state index in [1.165, 1.54) is 26.3 Å². The minimum Gasteiger partial charge on any atom is -0.453 e. The first-order valence-corrected chi connectivity index (χ1v) is 5.17. The monoisotopic (exact) mass is 257 g/mol. The van der Waals surface area contributed by atoms with Crippen molar-refractivity contribution in [3.63, 3.8) is 0 Å². The van der Waals surface area contributed by atoms with Crippen molar-refractivity contribution in [3.05, 3.63) is 23.4 Å². The van der Waals surface area contributed by atoms with Gasteiger partial charge in [0.25, 0.3) is 0 Å². The number of pyridine rings is 1. The molecule has 0 radical (unpaired) electrons. The van der Waals surface area contributed by atoms with Gasteiger partial charge in [-0.25, -0.2) is 9.78 Å². The first kappa shape index (κ1) is 13.2. The molecule has 0 aliphatic heterocycles. The van der Waals surface area contributed by atoms with Crippen LogP contribution in [0.2, 0.25) is 5.02 Å². The highest BCUT2D eigenvalue weighted by Gasteiger charge is 2.16. The smallest absolute Gasteiger partial charge is 0.407 e. The van der Waals surface area contributed by atoms with Crippen molar-refractivity contribution < 1.29 is 14.3 Å². The predicted octanol–water partition coefficient (Wildman–Crippen LogP) is 1.42. The maximum atomic E-state index is 11.6. The molecule has 2 N–H and O–H groups in total. The van der Waals surface area contributed by atoms with Crippen LogP contribution in [0.3, 0.4) is 0 Å². The molecule has 0 saturated heterocycles. The summed E-state index contributed by atoms with van der Waals surface area (Å²) in [5, 5.41) is 5.30. The Balaban J connectivity index is 2.57. The largest absolute Gasteiger partial charge is 0.453 e. The minimum absolute atomic E-state index is 0.320. The van der Waals surface area contributed by atoms with Gasteiger partial charge in [0.15, 0.2) is 0 Å². The van der Waals surface area contributed by atoms with Gasteiger partial charge in [0.05, 0.1) is 7.11 Å². The first-order valence-electron chi connectivity index (χ1n) is 4.80. The molecule has 1 aromatic heterocycles. The average molecular weight is 258 g/mol. The number of ether oxygens (including phenoxy) is 1. The standard InChI is InChI=1S/C10H12ClN3O3/c1-6(13-10(16)17-2)9(15)14-8-5-7(11)3-4-12-8/h3-6H,1-2H3,(H,13,16)(H,12,14,15)/t6-/m0/s1. The number of alkyl carbamates (subject to hydrolysis) is 1. The number of amides is 2. The molecule has 0 bridgehead atoms. The van der Waals surface area contributed by atoms with E-state index in [-0.39, 0.29) is 0 Å². The predicted molar refractivity (Wildman–Crippen MR) is 62.9 cm³/mol. The number of anilines is 1. The van der Waals surface area contributed by atoms with E-state index in [1.807, 2.05) is 0 Å². The second kappa shape index (κ2) is 6.05. The molecule has 92 valence electrons. The zero-order valence-corrected chi connectivity index (χ0v) is 10.1. The van der Waals surface area contributed by atoms with Crippen molar-refractivity contribution in [3.8, 4) is 0 Å². The Kier molecular flexibility index (Phi) is 4.71. The maximum absolute atomic E-state index is 11.6. The Morgan fingerprint density at radius 2 is 2.24 bits per heavy atom. The van der Waals surface area contributed by atoms with Crippen LogP contribution in [0.15, 0.2) is 18.3 Å². The number of rotatable bonds is 3. The second-order valence-corrected chi connectivity index (χ2v) is 3.64. The van der Waals surface area contributed by atoms with Crippen molar-refractivity contribution in [2.75, 3.05) is 12.4 Å². The quantitative estimate of drug-likeness (QED) is 0.858. The normalized spacial score (nSPS) is 11.5. The van der Waals surface area contributed by atoms with E-state index in [9.17, 15) is 9.59 Å². The van der Waals surface area contributed by atoms with E-state index in [0.717, 1.165) is 0 Å². The van der Waals surface area contributed by atoms with Gasteiger partial charge in [-0.05, 0) is 19.1 Å². The second-order valence-electron chi connectivity index (χ2n) is 3.21. The molecule has 0 aliphatic carbocycles. The van der Waals surface area contributed by atoms with E-state index in [2.05, 4.69) is 20.4 Å². The van der Waals surface area contributed by atoms with Crippen molar-refractivity contribution >= 4 is 29.4 Å². The van der Waals surface area contributed by atoms with Gasteiger partial charge >= 0.3 is 6.09 Å². The minimum atomic E-state index is -0.733. The summed E-state index contributed by atoms with van der Waals surface area (Å²) < 4.78 is 4.37. The summed E-state index contributed by atoms with van der Waals surface area (Å²) in [7, 11) is 1.22. The fourth-order valence-corrected chi connectivity index (χ4v) is 1.17. The Morgan fingerprint density at radius 3 is 2.82 bits per heavy atom. The van der Waals surface area contributed by atoms with Crippen LogP contribution in [0.5, 0.6) is 0 Å². The number of carbonyl (C=O) groups is 2. The van der Waals surface area contributed by atoms with E-state index >= 15 is 0 Å². The molecular weight excluding hydrogens is 246 g/mol. The van der Waals surface area contributed by atoms with Crippen molar-refractivity contribution in [1.82, 2.24) is 10.3 Å². The van der Waals surface area contributed by atoms with Gasteiger partial charge in [-0.3, -0.25) is 4.79 Å². The number of aromatic nitrogens is 1. The summed E-state index contributed by atoms with van der Waals surface area (Å²) in [6.07, 6.45) is 0.794. The lowest BCUT2D eigenvalue weighted by molar-refractivity contribution is -0.117. The number of nitrogens with zero attached hydrogens (tertiary/aromatic N) is 1. The summed E-state index contributed by atoms with van der Waals surface area (Å²) in [5.41, 5.74) is 0. The Morgan fingerprint density at radius 1 is 1.53 bits per heavy atom. The topological polar surface area (TPSA) is 80.3 Å². The third kappa shape index (κ3) is 4.28. The van der Waals surface area contributed by atoms with Crippen LogP contribution in [0, 0.1) is 0 Å². The molecule has 17 heavy (non-hydrogen) atoms. The maximum Gasteiger partial charge on any atom is 0.407 e. The molecule has 7 heteroatoms. The van der Waals surface area contributed by atoms with Crippen LogP contribution in [0.1, 0.15) is 6.92 Å². The molecule has 6 nitrogen and oxygen atoms in total. The highest BCUT2D eigenvalue weighted by atomic mass is 35.5. The van der Waals surface area contributed by atoms with Gasteiger partial charge in [-0.1, -0.05) is 11.6 Å². The van der Waals surface area contributed by atoms with Crippen molar-refractivity contribution in [2.24, 2.45) is 0 Å². The molecule has 1 rings (SSSR count). The number of nitrogens with one attached hydrogen (secondary N) is 2. The molecule has 0 saturated carbocycles. The lowest BCUT2D eigenvalue weighted by atomic mass is 10.3. The molecule has 0 spiro atoms. The number of methoxy groups -OCH3 is 1. The van der Waals surface area contributed by atoms with Crippen LogP contribution in [-0.2, 0) is 9.53 Å². The lowest BCUT2D eigenvalue weighted by Gasteiger charge is -2.12. The number of hydrogen-bond acceptors (Lipinski definition) is 4. The molecular formula is C10H12ClN3O3. The van der Waals surface area contributed by atoms with Gasteiger partial charge in [-0.15, -0.1) is 0 Å². The first-order chi connectivity index (χ1) is 8.02. The SMILES string of the molecule is COC(=O)N[C@@H](C)C(=O)Nc1cc(Cl)ccn1. The highest BCUT2D eigenvalue weighted by Crippen LogP contribution is 2.11. The van der Waals surface area contributed by atoms with Crippen molar-refractivity contribution in [1.29, 1.82) is 0 Å². The van der Waals surface area contributed by atoms with Crippen molar-refractivity contribution in [2.45, 2.75) is 13.0 Å². The summed E-state index contributed by atoms with van der Waals surface area (Å²) in [5.74, 6) is -0.0915. The van der Waals surface area contributed by atoms with Crippen LogP contribution in [0.25, 0.3) is 0 Å². The molecule has 1 atom stereocenters. The third-order valence-electron chi connectivity index (χ3n) is 1.89. The summed E-state index contributed by atoms with van der Waals surface area (Å²) in [6.45, 7) is 1.52.